The van der Waals surface area contributed by atoms with Gasteiger partial charge in [0.2, 0.25) is 0 Å². The molecular formula is C17H31N3O. The van der Waals surface area contributed by atoms with Gasteiger partial charge in [0.25, 0.3) is 0 Å². The first-order chi connectivity index (χ1) is 10.2. The zero-order chi connectivity index (χ0) is 15.2. The van der Waals surface area contributed by atoms with Crippen molar-refractivity contribution >= 4 is 0 Å². The molecule has 0 bridgehead atoms. The monoisotopic (exact) mass is 293 g/mol. The number of aryl methyl sites for hydroxylation is 2. The van der Waals surface area contributed by atoms with Crippen molar-refractivity contribution in [1.29, 1.82) is 0 Å². The Labute approximate surface area is 129 Å². The summed E-state index contributed by atoms with van der Waals surface area (Å²) < 4.78 is 7.94. The van der Waals surface area contributed by atoms with Crippen molar-refractivity contribution in [1.82, 2.24) is 15.1 Å². The van der Waals surface area contributed by atoms with Crippen LogP contribution < -0.4 is 5.32 Å². The van der Waals surface area contributed by atoms with Crippen LogP contribution >= 0.6 is 0 Å². The van der Waals surface area contributed by atoms with E-state index < -0.39 is 0 Å². The number of nitrogens with one attached hydrogen (secondary N) is 1. The van der Waals surface area contributed by atoms with E-state index in [9.17, 15) is 0 Å². The Morgan fingerprint density at radius 1 is 1.38 bits per heavy atom. The van der Waals surface area contributed by atoms with Crippen LogP contribution in [0.15, 0.2) is 6.07 Å². The summed E-state index contributed by atoms with van der Waals surface area (Å²) in [7, 11) is 3.91. The van der Waals surface area contributed by atoms with E-state index in [1.54, 1.807) is 0 Å². The lowest BCUT2D eigenvalue weighted by Crippen LogP contribution is -2.47. The van der Waals surface area contributed by atoms with Gasteiger partial charge in [0.05, 0.1) is 11.8 Å². The summed E-state index contributed by atoms with van der Waals surface area (Å²) in [6, 6.07) is 2.57. The van der Waals surface area contributed by atoms with Crippen LogP contribution in [0.4, 0.5) is 0 Å². The van der Waals surface area contributed by atoms with Gasteiger partial charge in [-0.05, 0) is 38.3 Å². The van der Waals surface area contributed by atoms with Gasteiger partial charge >= 0.3 is 0 Å². The molecule has 1 aliphatic rings. The number of nitrogens with zero attached hydrogens (tertiary/aromatic N) is 2. The van der Waals surface area contributed by atoms with Crippen molar-refractivity contribution in [3.05, 3.63) is 17.5 Å². The molecule has 4 heteroatoms. The number of hydrogen-bond acceptors (Lipinski definition) is 3. The van der Waals surface area contributed by atoms with Gasteiger partial charge in [-0.2, -0.15) is 5.10 Å². The Balaban J connectivity index is 2.09. The van der Waals surface area contributed by atoms with E-state index in [0.29, 0.717) is 18.1 Å². The van der Waals surface area contributed by atoms with Crippen LogP contribution in [-0.2, 0) is 18.2 Å². The predicted octanol–water partition coefficient (Wildman–Crippen LogP) is 2.84. The smallest absolute Gasteiger partial charge is 0.0756 e. The summed E-state index contributed by atoms with van der Waals surface area (Å²) >= 11 is 0. The van der Waals surface area contributed by atoms with Crippen molar-refractivity contribution < 1.29 is 4.74 Å². The summed E-state index contributed by atoms with van der Waals surface area (Å²) in [4.78, 5) is 0. The lowest BCUT2D eigenvalue weighted by Gasteiger charge is -2.35. The first-order valence-corrected chi connectivity index (χ1v) is 8.41. The Bertz CT molecular complexity index is 424. The molecule has 1 N–H and O–H groups in total. The molecule has 0 radical (unpaired) electrons. The van der Waals surface area contributed by atoms with Gasteiger partial charge in [0.15, 0.2) is 0 Å². The van der Waals surface area contributed by atoms with E-state index in [4.69, 9.17) is 4.74 Å². The first kappa shape index (κ1) is 16.5. The maximum Gasteiger partial charge on any atom is 0.0756 e. The van der Waals surface area contributed by atoms with Crippen LogP contribution in [0.5, 0.6) is 0 Å². The highest BCUT2D eigenvalue weighted by molar-refractivity contribution is 5.11. The zero-order valence-corrected chi connectivity index (χ0v) is 14.1. The molecule has 4 nitrogen and oxygen atoms in total. The van der Waals surface area contributed by atoms with Gasteiger partial charge in [-0.3, -0.25) is 4.68 Å². The zero-order valence-electron chi connectivity index (χ0n) is 14.1. The molecule has 0 amide bonds. The van der Waals surface area contributed by atoms with E-state index in [2.05, 4.69) is 30.3 Å². The third-order valence-electron chi connectivity index (χ3n) is 4.78. The van der Waals surface area contributed by atoms with Crippen LogP contribution in [0.25, 0.3) is 0 Å². The highest BCUT2D eigenvalue weighted by atomic mass is 16.5. The van der Waals surface area contributed by atoms with Gasteiger partial charge in [-0.1, -0.05) is 26.2 Å². The molecule has 0 aliphatic heterocycles. The number of hydrogen-bond donors (Lipinski definition) is 1. The number of aromatic nitrogens is 2. The summed E-state index contributed by atoms with van der Waals surface area (Å²) in [5, 5.41) is 8.12. The van der Waals surface area contributed by atoms with Crippen LogP contribution in [-0.4, -0.2) is 35.6 Å². The average Bonchev–Trinajstić information content (AvgIpc) is 2.79. The number of likely N-dealkylation sites (N-methyl/N-ethyl adjacent to an activating group) is 1. The predicted molar refractivity (Wildman–Crippen MR) is 86.5 cm³/mol. The standard InChI is InChI=1S/C17H31N3O/c1-5-18-16(12-15-11-13(2)19-20(15)3)17(21-4)14-9-7-6-8-10-14/h11,14,16-18H,5-10,12H2,1-4H3. The molecular weight excluding hydrogens is 262 g/mol. The van der Waals surface area contributed by atoms with E-state index in [0.717, 1.165) is 18.7 Å². The molecule has 1 saturated carbocycles. The van der Waals surface area contributed by atoms with E-state index in [1.165, 1.54) is 37.8 Å². The van der Waals surface area contributed by atoms with Gasteiger partial charge in [0.1, 0.15) is 0 Å². The van der Waals surface area contributed by atoms with Crippen LogP contribution in [0.3, 0.4) is 0 Å². The molecule has 0 saturated heterocycles. The SMILES string of the molecule is CCNC(Cc1cc(C)nn1C)C(OC)C1CCCCC1. The van der Waals surface area contributed by atoms with Gasteiger partial charge < -0.3 is 10.1 Å². The van der Waals surface area contributed by atoms with E-state index >= 15 is 0 Å². The highest BCUT2D eigenvalue weighted by Crippen LogP contribution is 2.30. The lowest BCUT2D eigenvalue weighted by molar-refractivity contribution is 0.00828. The second-order valence-electron chi connectivity index (χ2n) is 6.37. The molecule has 1 aliphatic carbocycles. The summed E-state index contributed by atoms with van der Waals surface area (Å²) in [5.74, 6) is 0.696. The van der Waals surface area contributed by atoms with Crippen molar-refractivity contribution in [3.63, 3.8) is 0 Å². The first-order valence-electron chi connectivity index (χ1n) is 8.41. The molecule has 21 heavy (non-hydrogen) atoms. The van der Waals surface area contributed by atoms with Crippen molar-refractivity contribution in [2.45, 2.75) is 64.5 Å². The molecule has 1 fully saturated rings. The summed E-state index contributed by atoms with van der Waals surface area (Å²) in [5.41, 5.74) is 2.38. The Kier molecular flexibility index (Phi) is 6.24. The molecule has 0 aromatic carbocycles. The van der Waals surface area contributed by atoms with Gasteiger partial charge in [-0.25, -0.2) is 0 Å². The number of ether oxygens (including phenoxy) is 1. The lowest BCUT2D eigenvalue weighted by atomic mass is 9.81. The maximum absolute atomic E-state index is 5.93. The fraction of sp³-hybridized carbons (Fsp3) is 0.824. The number of rotatable bonds is 7. The molecule has 2 atom stereocenters. The van der Waals surface area contributed by atoms with Crippen molar-refractivity contribution in [3.8, 4) is 0 Å². The third kappa shape index (κ3) is 4.30. The van der Waals surface area contributed by atoms with Crippen LogP contribution in [0, 0.1) is 12.8 Å². The largest absolute Gasteiger partial charge is 0.380 e. The van der Waals surface area contributed by atoms with Crippen LogP contribution in [0.1, 0.15) is 50.4 Å². The quantitative estimate of drug-likeness (QED) is 0.840. The van der Waals surface area contributed by atoms with Crippen LogP contribution in [0.2, 0.25) is 0 Å². The average molecular weight is 293 g/mol. The van der Waals surface area contributed by atoms with E-state index in [1.807, 2.05) is 18.8 Å². The molecule has 1 aromatic rings. The summed E-state index contributed by atoms with van der Waals surface area (Å²) in [6.45, 7) is 5.21. The molecule has 0 spiro atoms. The normalized spacial score (nSPS) is 19.6. The van der Waals surface area contributed by atoms with Crippen molar-refractivity contribution in [2.24, 2.45) is 13.0 Å². The maximum atomic E-state index is 5.93. The molecule has 2 unspecified atom stereocenters. The minimum Gasteiger partial charge on any atom is -0.380 e. The Hall–Kier alpha value is -0.870. The van der Waals surface area contributed by atoms with Gasteiger partial charge in [0, 0.05) is 32.3 Å². The highest BCUT2D eigenvalue weighted by Gasteiger charge is 2.30. The van der Waals surface area contributed by atoms with Crippen molar-refractivity contribution in [2.75, 3.05) is 13.7 Å². The molecule has 2 rings (SSSR count). The third-order valence-corrected chi connectivity index (χ3v) is 4.78. The molecule has 1 heterocycles. The molecule has 1 aromatic heterocycles. The number of methoxy groups -OCH3 is 1. The molecule has 120 valence electrons. The Morgan fingerprint density at radius 2 is 2.10 bits per heavy atom. The minimum atomic E-state index is 0.306. The minimum absolute atomic E-state index is 0.306. The van der Waals surface area contributed by atoms with Gasteiger partial charge in [-0.15, -0.1) is 0 Å². The Morgan fingerprint density at radius 3 is 2.62 bits per heavy atom. The fourth-order valence-corrected chi connectivity index (χ4v) is 3.80. The summed E-state index contributed by atoms with van der Waals surface area (Å²) in [6.07, 6.45) is 8.01. The second kappa shape index (κ2) is 7.95. The van der Waals surface area contributed by atoms with E-state index in [-0.39, 0.29) is 0 Å². The fourth-order valence-electron chi connectivity index (χ4n) is 3.80. The topological polar surface area (TPSA) is 39.1 Å². The second-order valence-corrected chi connectivity index (χ2v) is 6.37.